The van der Waals surface area contributed by atoms with Crippen LogP contribution < -0.4 is 15.5 Å². The van der Waals surface area contributed by atoms with Crippen molar-refractivity contribution in [3.8, 4) is 16.9 Å². The maximum atomic E-state index is 10.4. The summed E-state index contributed by atoms with van der Waals surface area (Å²) in [5, 5.41) is 21.0. The summed E-state index contributed by atoms with van der Waals surface area (Å²) < 4.78 is 0. The molecular weight excluding hydrogens is 460 g/mol. The molecule has 2 bridgehead atoms. The summed E-state index contributed by atoms with van der Waals surface area (Å²) >= 11 is 0. The van der Waals surface area contributed by atoms with Crippen molar-refractivity contribution >= 4 is 33.4 Å². The summed E-state index contributed by atoms with van der Waals surface area (Å²) in [6.45, 7) is 3.96. The van der Waals surface area contributed by atoms with E-state index in [4.69, 9.17) is 9.97 Å². The number of benzene rings is 3. The highest BCUT2D eigenvalue weighted by atomic mass is 16.3. The summed E-state index contributed by atoms with van der Waals surface area (Å²) in [6.07, 6.45) is 4.92. The third kappa shape index (κ3) is 4.26. The molecule has 3 N–H and O–H groups in total. The molecule has 3 fully saturated rings. The molecular formula is C30H34N6O. The van der Waals surface area contributed by atoms with Crippen LogP contribution in [0.3, 0.4) is 0 Å². The summed E-state index contributed by atoms with van der Waals surface area (Å²) in [5.41, 5.74) is 2.99. The summed E-state index contributed by atoms with van der Waals surface area (Å²) in [4.78, 5) is 15.0. The van der Waals surface area contributed by atoms with Crippen LogP contribution in [0.15, 0.2) is 54.6 Å². The number of aromatic hydroxyl groups is 1. The van der Waals surface area contributed by atoms with Gasteiger partial charge in [-0.25, -0.2) is 4.98 Å². The molecule has 0 spiro atoms. The Hall–Kier alpha value is -3.42. The van der Waals surface area contributed by atoms with Crippen LogP contribution in [-0.4, -0.2) is 71.3 Å². The van der Waals surface area contributed by atoms with Crippen LogP contribution >= 0.6 is 0 Å². The minimum Gasteiger partial charge on any atom is -0.508 e. The van der Waals surface area contributed by atoms with Crippen LogP contribution in [0.2, 0.25) is 0 Å². The Bertz CT molecular complexity index is 1460. The van der Waals surface area contributed by atoms with Gasteiger partial charge in [-0.3, -0.25) is 0 Å². The van der Waals surface area contributed by atoms with Crippen molar-refractivity contribution in [3.63, 3.8) is 0 Å². The van der Waals surface area contributed by atoms with E-state index in [-0.39, 0.29) is 5.75 Å². The molecule has 0 aliphatic carbocycles. The predicted molar refractivity (Wildman–Crippen MR) is 150 cm³/mol. The van der Waals surface area contributed by atoms with Crippen molar-refractivity contribution in [3.05, 3.63) is 54.6 Å². The second-order valence-electron chi connectivity index (χ2n) is 11.0. The molecule has 4 aromatic rings. The van der Waals surface area contributed by atoms with Gasteiger partial charge in [-0.15, -0.1) is 0 Å². The molecule has 37 heavy (non-hydrogen) atoms. The lowest BCUT2D eigenvalue weighted by molar-refractivity contribution is 0.322. The normalized spacial score (nSPS) is 23.8. The van der Waals surface area contributed by atoms with Crippen LogP contribution in [0.5, 0.6) is 5.75 Å². The van der Waals surface area contributed by atoms with Gasteiger partial charge in [0, 0.05) is 43.1 Å². The number of hydrogen-bond acceptors (Lipinski definition) is 7. The second kappa shape index (κ2) is 9.15. The van der Waals surface area contributed by atoms with Crippen LogP contribution in [-0.2, 0) is 0 Å². The number of nitrogens with one attached hydrogen (secondary N) is 2. The van der Waals surface area contributed by atoms with E-state index in [1.165, 1.54) is 25.7 Å². The number of fused-ring (bicyclic) bond motifs is 4. The Labute approximate surface area is 217 Å². The van der Waals surface area contributed by atoms with Crippen molar-refractivity contribution in [2.24, 2.45) is 0 Å². The molecule has 3 aliphatic rings. The lowest BCUT2D eigenvalue weighted by Crippen LogP contribution is -2.51. The predicted octanol–water partition coefficient (Wildman–Crippen LogP) is 4.60. The highest BCUT2D eigenvalue weighted by Gasteiger charge is 2.33. The van der Waals surface area contributed by atoms with Crippen molar-refractivity contribution in [1.29, 1.82) is 0 Å². The molecule has 1 aromatic heterocycles. The van der Waals surface area contributed by atoms with Crippen LogP contribution in [0.1, 0.15) is 25.7 Å². The Morgan fingerprint density at radius 1 is 0.973 bits per heavy atom. The van der Waals surface area contributed by atoms with Gasteiger partial charge in [0.2, 0.25) is 5.95 Å². The molecule has 7 rings (SSSR count). The van der Waals surface area contributed by atoms with Crippen LogP contribution in [0.4, 0.5) is 11.8 Å². The number of anilines is 2. The average Bonchev–Trinajstić information content (AvgIpc) is 3.49. The average molecular weight is 495 g/mol. The topological polar surface area (TPSA) is 76.5 Å². The van der Waals surface area contributed by atoms with Gasteiger partial charge in [0.05, 0.1) is 5.52 Å². The molecule has 0 saturated carbocycles. The Kier molecular flexibility index (Phi) is 5.63. The third-order valence-electron chi connectivity index (χ3n) is 8.52. The van der Waals surface area contributed by atoms with Gasteiger partial charge in [0.15, 0.2) is 0 Å². The van der Waals surface area contributed by atoms with E-state index in [9.17, 15) is 5.11 Å². The SMILES string of the molecule is CN1CCC[C@H]1CNc1nc(N2C[C@H]3CC[C@@H](C2)N3)c2ccc(-c3cc(O)cc4ccccc34)cc2n1. The Balaban J connectivity index is 1.32. The lowest BCUT2D eigenvalue weighted by Gasteiger charge is -2.34. The molecule has 0 unspecified atom stereocenters. The first kappa shape index (κ1) is 22.8. The number of phenols is 1. The number of likely N-dealkylation sites (tertiary alicyclic amines) is 1. The molecule has 7 nitrogen and oxygen atoms in total. The number of aromatic nitrogens is 2. The number of likely N-dealkylation sites (N-methyl/N-ethyl adjacent to an activating group) is 1. The Morgan fingerprint density at radius 2 is 1.81 bits per heavy atom. The first-order valence-corrected chi connectivity index (χ1v) is 13.6. The van der Waals surface area contributed by atoms with Gasteiger partial charge in [0.1, 0.15) is 11.6 Å². The second-order valence-corrected chi connectivity index (χ2v) is 11.0. The van der Waals surface area contributed by atoms with E-state index >= 15 is 0 Å². The number of nitrogens with zero attached hydrogens (tertiary/aromatic N) is 4. The quantitative estimate of drug-likeness (QED) is 0.374. The third-order valence-corrected chi connectivity index (χ3v) is 8.52. The maximum Gasteiger partial charge on any atom is 0.225 e. The lowest BCUT2D eigenvalue weighted by atomic mass is 9.97. The molecule has 0 radical (unpaired) electrons. The standard InChI is InChI=1S/C30H34N6O/c1-35-12-4-6-23(35)16-31-30-33-28-14-20(27-15-24(37)13-19-5-2-3-7-25(19)27)8-11-26(28)29(34-30)36-17-21-9-10-22(18-36)32-21/h2-3,5,7-8,11,13-15,21-23,32,37H,4,6,9-10,12,16-18H2,1H3,(H,31,33,34)/t21-,22+,23-/m0/s1. The zero-order valence-electron chi connectivity index (χ0n) is 21.3. The number of hydrogen-bond donors (Lipinski definition) is 3. The summed E-state index contributed by atoms with van der Waals surface area (Å²) in [7, 11) is 2.20. The number of piperazine rings is 1. The van der Waals surface area contributed by atoms with Gasteiger partial charge in [-0.1, -0.05) is 30.3 Å². The van der Waals surface area contributed by atoms with E-state index in [0.29, 0.717) is 24.1 Å². The highest BCUT2D eigenvalue weighted by molar-refractivity contribution is 6.01. The molecule has 0 amide bonds. The summed E-state index contributed by atoms with van der Waals surface area (Å²) in [5.74, 6) is 2.00. The monoisotopic (exact) mass is 494 g/mol. The zero-order chi connectivity index (χ0) is 24.9. The van der Waals surface area contributed by atoms with Crippen molar-refractivity contribution in [2.45, 2.75) is 43.8 Å². The molecule has 3 aliphatic heterocycles. The fraction of sp³-hybridized carbons (Fsp3) is 0.400. The van der Waals surface area contributed by atoms with Crippen LogP contribution in [0, 0.1) is 0 Å². The van der Waals surface area contributed by atoms with Gasteiger partial charge in [-0.05, 0) is 85.4 Å². The molecule has 7 heteroatoms. The highest BCUT2D eigenvalue weighted by Crippen LogP contribution is 2.36. The first-order chi connectivity index (χ1) is 18.1. The van der Waals surface area contributed by atoms with E-state index in [1.54, 1.807) is 0 Å². The van der Waals surface area contributed by atoms with E-state index in [2.05, 4.69) is 51.7 Å². The van der Waals surface area contributed by atoms with Crippen molar-refractivity contribution in [1.82, 2.24) is 20.2 Å². The fourth-order valence-electron chi connectivity index (χ4n) is 6.55. The molecule has 3 saturated heterocycles. The zero-order valence-corrected chi connectivity index (χ0v) is 21.3. The van der Waals surface area contributed by atoms with Gasteiger partial charge < -0.3 is 25.5 Å². The molecule has 4 heterocycles. The molecule has 190 valence electrons. The van der Waals surface area contributed by atoms with E-state index in [1.807, 2.05) is 30.3 Å². The number of phenolic OH excluding ortho intramolecular Hbond substituents is 1. The van der Waals surface area contributed by atoms with E-state index in [0.717, 1.165) is 64.8 Å². The minimum absolute atomic E-state index is 0.275. The fourth-order valence-corrected chi connectivity index (χ4v) is 6.55. The molecule has 3 aromatic carbocycles. The first-order valence-electron chi connectivity index (χ1n) is 13.6. The van der Waals surface area contributed by atoms with Gasteiger partial charge >= 0.3 is 0 Å². The van der Waals surface area contributed by atoms with Gasteiger partial charge in [-0.2, -0.15) is 4.98 Å². The van der Waals surface area contributed by atoms with Crippen molar-refractivity contribution < 1.29 is 5.11 Å². The largest absolute Gasteiger partial charge is 0.508 e. The molecule has 3 atom stereocenters. The van der Waals surface area contributed by atoms with Gasteiger partial charge in [0.25, 0.3) is 0 Å². The van der Waals surface area contributed by atoms with E-state index < -0.39 is 0 Å². The summed E-state index contributed by atoms with van der Waals surface area (Å²) in [6, 6.07) is 19.9. The van der Waals surface area contributed by atoms with Crippen molar-refractivity contribution in [2.75, 3.05) is 43.4 Å². The smallest absolute Gasteiger partial charge is 0.225 e. The number of rotatable bonds is 5. The Morgan fingerprint density at radius 3 is 2.62 bits per heavy atom. The maximum absolute atomic E-state index is 10.4. The van der Waals surface area contributed by atoms with Crippen LogP contribution in [0.25, 0.3) is 32.8 Å². The minimum atomic E-state index is 0.275.